The molecule has 0 aliphatic rings. The molecule has 5 nitrogen and oxygen atoms in total. The van der Waals surface area contributed by atoms with Gasteiger partial charge in [-0.3, -0.25) is 0 Å². The molecule has 0 saturated carbocycles. The number of aromatic nitrogens is 3. The van der Waals surface area contributed by atoms with Gasteiger partial charge in [0.05, 0.1) is 10.2 Å². The highest BCUT2D eigenvalue weighted by Gasteiger charge is 2.09. The Kier molecular flexibility index (Phi) is 3.64. The van der Waals surface area contributed by atoms with E-state index in [-0.39, 0.29) is 0 Å². The fraction of sp³-hybridized carbons (Fsp3) is 0.357. The maximum Gasteiger partial charge on any atom is 0.228 e. The molecule has 3 aromatic rings. The number of nitrogens with zero attached hydrogens (tertiary/aromatic N) is 3. The highest BCUT2D eigenvalue weighted by Crippen LogP contribution is 2.25. The van der Waals surface area contributed by atoms with E-state index >= 15 is 0 Å². The zero-order valence-corrected chi connectivity index (χ0v) is 12.3. The Hall–Kier alpha value is -1.95. The van der Waals surface area contributed by atoms with Gasteiger partial charge in [0.2, 0.25) is 5.89 Å². The molecule has 104 valence electrons. The first-order chi connectivity index (χ1) is 9.72. The van der Waals surface area contributed by atoms with Crippen LogP contribution in [0.2, 0.25) is 0 Å². The van der Waals surface area contributed by atoms with Crippen LogP contribution < -0.4 is 5.32 Å². The lowest BCUT2D eigenvalue weighted by Crippen LogP contribution is -2.04. The van der Waals surface area contributed by atoms with Crippen molar-refractivity contribution in [2.75, 3.05) is 11.9 Å². The molecule has 3 rings (SSSR count). The first kappa shape index (κ1) is 13.1. The average Bonchev–Trinajstić information content (AvgIpc) is 3.04. The molecule has 1 aromatic carbocycles. The van der Waals surface area contributed by atoms with Gasteiger partial charge in [-0.15, -0.1) is 0 Å². The third kappa shape index (κ3) is 2.80. The number of rotatable bonds is 5. The maximum absolute atomic E-state index is 5.20. The van der Waals surface area contributed by atoms with Crippen molar-refractivity contribution in [2.24, 2.45) is 0 Å². The molecule has 0 saturated heterocycles. The quantitative estimate of drug-likeness (QED) is 0.779. The van der Waals surface area contributed by atoms with E-state index in [1.54, 1.807) is 11.3 Å². The summed E-state index contributed by atoms with van der Waals surface area (Å²) in [6.07, 6.45) is 0.704. The Morgan fingerprint density at radius 3 is 2.85 bits per heavy atom. The van der Waals surface area contributed by atoms with Crippen molar-refractivity contribution in [3.05, 3.63) is 36.0 Å². The van der Waals surface area contributed by atoms with Crippen LogP contribution in [0.4, 0.5) is 5.13 Å². The van der Waals surface area contributed by atoms with E-state index < -0.39 is 0 Å². The zero-order chi connectivity index (χ0) is 13.9. The molecule has 0 radical (unpaired) electrons. The van der Waals surface area contributed by atoms with E-state index in [0.29, 0.717) is 18.2 Å². The summed E-state index contributed by atoms with van der Waals surface area (Å²) in [5.41, 5.74) is 1.03. The summed E-state index contributed by atoms with van der Waals surface area (Å²) in [6, 6.07) is 8.11. The van der Waals surface area contributed by atoms with Crippen LogP contribution in [0.15, 0.2) is 28.8 Å². The van der Waals surface area contributed by atoms with Crippen molar-refractivity contribution >= 4 is 26.7 Å². The van der Waals surface area contributed by atoms with Crippen molar-refractivity contribution in [1.29, 1.82) is 0 Å². The lowest BCUT2D eigenvalue weighted by Gasteiger charge is -1.98. The van der Waals surface area contributed by atoms with Crippen LogP contribution in [0.5, 0.6) is 0 Å². The van der Waals surface area contributed by atoms with Crippen molar-refractivity contribution in [3.63, 3.8) is 0 Å². The van der Waals surface area contributed by atoms with E-state index in [2.05, 4.69) is 26.5 Å². The second-order valence-corrected chi connectivity index (χ2v) is 5.90. The number of fused-ring (bicyclic) bond motifs is 1. The second kappa shape index (κ2) is 5.58. The minimum absolute atomic E-state index is 0.296. The Balaban J connectivity index is 1.59. The summed E-state index contributed by atoms with van der Waals surface area (Å²) < 4.78 is 6.39. The molecule has 0 aliphatic carbocycles. The number of hydrogen-bond acceptors (Lipinski definition) is 6. The normalized spacial score (nSPS) is 11.3. The number of thiazole rings is 1. The fourth-order valence-corrected chi connectivity index (χ4v) is 2.72. The van der Waals surface area contributed by atoms with Crippen LogP contribution in [0, 0.1) is 0 Å². The van der Waals surface area contributed by atoms with E-state index in [1.807, 2.05) is 32.0 Å². The molecule has 0 fully saturated rings. The van der Waals surface area contributed by atoms with Gasteiger partial charge >= 0.3 is 0 Å². The second-order valence-electron chi connectivity index (χ2n) is 4.86. The molecule has 0 aliphatic heterocycles. The highest BCUT2D eigenvalue weighted by atomic mass is 32.1. The van der Waals surface area contributed by atoms with Gasteiger partial charge in [-0.1, -0.05) is 42.5 Å². The predicted octanol–water partition coefficient (Wildman–Crippen LogP) is 3.46. The van der Waals surface area contributed by atoms with Crippen molar-refractivity contribution in [2.45, 2.75) is 26.2 Å². The Morgan fingerprint density at radius 2 is 2.10 bits per heavy atom. The van der Waals surface area contributed by atoms with Crippen LogP contribution in [0.3, 0.4) is 0 Å². The lowest BCUT2D eigenvalue weighted by molar-refractivity contribution is 0.373. The van der Waals surface area contributed by atoms with E-state index in [0.717, 1.165) is 23.0 Å². The van der Waals surface area contributed by atoms with Gasteiger partial charge in [-0.25, -0.2) is 4.98 Å². The number of anilines is 1. The summed E-state index contributed by atoms with van der Waals surface area (Å²) in [7, 11) is 0. The topological polar surface area (TPSA) is 63.8 Å². The molecule has 20 heavy (non-hydrogen) atoms. The van der Waals surface area contributed by atoms with Gasteiger partial charge < -0.3 is 9.84 Å². The lowest BCUT2D eigenvalue weighted by atomic mass is 10.2. The smallest absolute Gasteiger partial charge is 0.228 e. The van der Waals surface area contributed by atoms with E-state index in [4.69, 9.17) is 4.52 Å². The largest absolute Gasteiger partial charge is 0.361 e. The van der Waals surface area contributed by atoms with Crippen LogP contribution in [-0.2, 0) is 6.42 Å². The average molecular weight is 288 g/mol. The third-order valence-electron chi connectivity index (χ3n) is 2.91. The number of hydrogen-bond donors (Lipinski definition) is 1. The minimum atomic E-state index is 0.296. The monoisotopic (exact) mass is 288 g/mol. The van der Waals surface area contributed by atoms with Crippen LogP contribution >= 0.6 is 11.3 Å². The molecular weight excluding hydrogens is 272 g/mol. The van der Waals surface area contributed by atoms with Crippen LogP contribution in [0.25, 0.3) is 10.2 Å². The van der Waals surface area contributed by atoms with Gasteiger partial charge in [0.1, 0.15) is 0 Å². The van der Waals surface area contributed by atoms with E-state index in [1.165, 1.54) is 4.70 Å². The molecule has 0 unspecified atom stereocenters. The molecule has 1 N–H and O–H groups in total. The zero-order valence-electron chi connectivity index (χ0n) is 11.5. The van der Waals surface area contributed by atoms with Crippen molar-refractivity contribution in [3.8, 4) is 0 Å². The highest BCUT2D eigenvalue weighted by molar-refractivity contribution is 7.22. The van der Waals surface area contributed by atoms with Crippen molar-refractivity contribution < 1.29 is 4.52 Å². The summed E-state index contributed by atoms with van der Waals surface area (Å²) in [5.74, 6) is 1.73. The number of para-hydroxylation sites is 1. The molecule has 2 heterocycles. The Bertz CT molecular complexity index is 671. The van der Waals surface area contributed by atoms with Gasteiger partial charge in [-0.2, -0.15) is 4.98 Å². The van der Waals surface area contributed by atoms with Crippen LogP contribution in [0.1, 0.15) is 31.5 Å². The minimum Gasteiger partial charge on any atom is -0.361 e. The molecule has 6 heteroatoms. The molecule has 2 aromatic heterocycles. The number of nitrogens with one attached hydrogen (secondary N) is 1. The van der Waals surface area contributed by atoms with Gasteiger partial charge in [0, 0.05) is 18.9 Å². The standard InChI is InChI=1S/C14H16N4OS/c1-9(2)13-17-12(19-18-13)7-8-15-14-16-10-5-3-4-6-11(10)20-14/h3-6,9H,7-8H2,1-2H3,(H,15,16). The van der Waals surface area contributed by atoms with Gasteiger partial charge in [0.15, 0.2) is 11.0 Å². The van der Waals surface area contributed by atoms with Gasteiger partial charge in [-0.05, 0) is 12.1 Å². The molecule has 0 amide bonds. The van der Waals surface area contributed by atoms with E-state index in [9.17, 15) is 0 Å². The molecule has 0 spiro atoms. The first-order valence-electron chi connectivity index (χ1n) is 6.64. The molecular formula is C14H16N4OS. The fourth-order valence-electron chi connectivity index (χ4n) is 1.83. The maximum atomic E-state index is 5.20. The van der Waals surface area contributed by atoms with Crippen LogP contribution in [-0.4, -0.2) is 21.7 Å². The molecule has 0 bridgehead atoms. The third-order valence-corrected chi connectivity index (χ3v) is 3.90. The van der Waals surface area contributed by atoms with Crippen molar-refractivity contribution in [1.82, 2.24) is 15.1 Å². The summed E-state index contributed by atoms with van der Waals surface area (Å²) in [5, 5.41) is 8.18. The SMILES string of the molecule is CC(C)c1noc(CCNc2nc3ccccc3s2)n1. The summed E-state index contributed by atoms with van der Waals surface area (Å²) in [4.78, 5) is 8.87. The summed E-state index contributed by atoms with van der Waals surface area (Å²) in [6.45, 7) is 4.83. The Morgan fingerprint density at radius 1 is 1.25 bits per heavy atom. The number of benzene rings is 1. The first-order valence-corrected chi connectivity index (χ1v) is 7.46. The summed E-state index contributed by atoms with van der Waals surface area (Å²) >= 11 is 1.65. The van der Waals surface area contributed by atoms with Gasteiger partial charge in [0.25, 0.3) is 0 Å². The Labute approximate surface area is 121 Å². The molecule has 0 atom stereocenters. The predicted molar refractivity (Wildman–Crippen MR) is 80.2 cm³/mol.